The largest absolute Gasteiger partial charge is 0.299 e. The molecule has 0 bridgehead atoms. The van der Waals surface area contributed by atoms with Gasteiger partial charge in [-0.05, 0) is 44.0 Å². The number of hydrogen-bond acceptors (Lipinski definition) is 2. The van der Waals surface area contributed by atoms with E-state index in [1.807, 2.05) is 7.05 Å². The van der Waals surface area contributed by atoms with Crippen LogP contribution in [0.4, 0.5) is 0 Å². The van der Waals surface area contributed by atoms with Crippen molar-refractivity contribution in [3.8, 4) is 0 Å². The summed E-state index contributed by atoms with van der Waals surface area (Å²) in [5.41, 5.74) is 0.560. The summed E-state index contributed by atoms with van der Waals surface area (Å²) in [6, 6.07) is 5.03. The van der Waals surface area contributed by atoms with Gasteiger partial charge in [-0.2, -0.15) is 0 Å². The molecule has 1 aliphatic carbocycles. The fraction of sp³-hybridized carbons (Fsp3) is 0.533. The van der Waals surface area contributed by atoms with Gasteiger partial charge in [-0.3, -0.25) is 9.69 Å². The average molecular weight is 300 g/mol. The Morgan fingerprint density at radius 1 is 1.32 bits per heavy atom. The zero-order chi connectivity index (χ0) is 13.8. The highest BCUT2D eigenvalue weighted by Gasteiger charge is 2.19. The van der Waals surface area contributed by atoms with Crippen molar-refractivity contribution in [1.29, 1.82) is 0 Å². The van der Waals surface area contributed by atoms with Crippen LogP contribution in [0.15, 0.2) is 18.2 Å². The smallest absolute Gasteiger partial charge is 0.178 e. The maximum Gasteiger partial charge on any atom is 0.178 e. The zero-order valence-electron chi connectivity index (χ0n) is 11.2. The van der Waals surface area contributed by atoms with Crippen molar-refractivity contribution >= 4 is 29.0 Å². The Morgan fingerprint density at radius 2 is 2.00 bits per heavy atom. The molecule has 0 saturated heterocycles. The molecule has 0 atom stereocenters. The highest BCUT2D eigenvalue weighted by atomic mass is 35.5. The molecule has 0 aromatic heterocycles. The monoisotopic (exact) mass is 299 g/mol. The lowest BCUT2D eigenvalue weighted by molar-refractivity contribution is 0.0938. The molecule has 19 heavy (non-hydrogen) atoms. The predicted molar refractivity (Wildman–Crippen MR) is 80.2 cm³/mol. The summed E-state index contributed by atoms with van der Waals surface area (Å²) < 4.78 is 0. The van der Waals surface area contributed by atoms with E-state index in [1.54, 1.807) is 18.2 Å². The maximum absolute atomic E-state index is 12.2. The van der Waals surface area contributed by atoms with Crippen molar-refractivity contribution < 1.29 is 4.79 Å². The van der Waals surface area contributed by atoms with E-state index in [9.17, 15) is 4.79 Å². The lowest BCUT2D eigenvalue weighted by Gasteiger charge is -2.20. The number of benzene rings is 1. The standard InChI is InChI=1S/C15H19Cl2NO/c1-18(9-11-4-2-3-5-11)10-15(19)13-7-6-12(16)8-14(13)17/h6-8,11H,2-5,9-10H2,1H3. The summed E-state index contributed by atoms with van der Waals surface area (Å²) in [6.07, 6.45) is 5.24. The third-order valence-electron chi connectivity index (χ3n) is 3.69. The van der Waals surface area contributed by atoms with E-state index in [1.165, 1.54) is 25.7 Å². The number of nitrogens with zero attached hydrogens (tertiary/aromatic N) is 1. The molecule has 0 aliphatic heterocycles. The molecule has 104 valence electrons. The number of hydrogen-bond donors (Lipinski definition) is 0. The van der Waals surface area contributed by atoms with E-state index >= 15 is 0 Å². The van der Waals surface area contributed by atoms with Gasteiger partial charge in [0.1, 0.15) is 0 Å². The Morgan fingerprint density at radius 3 is 2.63 bits per heavy atom. The second-order valence-electron chi connectivity index (χ2n) is 5.39. The topological polar surface area (TPSA) is 20.3 Å². The van der Waals surface area contributed by atoms with Gasteiger partial charge in [0.05, 0.1) is 11.6 Å². The van der Waals surface area contributed by atoms with Crippen LogP contribution in [0.5, 0.6) is 0 Å². The number of halogens is 2. The Kier molecular flexibility index (Phi) is 5.26. The second kappa shape index (κ2) is 6.74. The van der Waals surface area contributed by atoms with Crippen molar-refractivity contribution in [2.45, 2.75) is 25.7 Å². The van der Waals surface area contributed by atoms with Gasteiger partial charge in [0, 0.05) is 17.1 Å². The maximum atomic E-state index is 12.2. The molecule has 0 unspecified atom stereocenters. The number of rotatable bonds is 5. The lowest BCUT2D eigenvalue weighted by atomic mass is 10.1. The van der Waals surface area contributed by atoms with E-state index in [0.717, 1.165) is 12.5 Å². The molecule has 0 N–H and O–H groups in total. The molecule has 1 aliphatic rings. The third kappa shape index (κ3) is 4.20. The van der Waals surface area contributed by atoms with Crippen LogP contribution in [0.1, 0.15) is 36.0 Å². The molecule has 4 heteroatoms. The van der Waals surface area contributed by atoms with E-state index in [4.69, 9.17) is 23.2 Å². The molecule has 1 saturated carbocycles. The molecule has 0 heterocycles. The van der Waals surface area contributed by atoms with E-state index < -0.39 is 0 Å². The van der Waals surface area contributed by atoms with Gasteiger partial charge < -0.3 is 0 Å². The minimum atomic E-state index is 0.0576. The highest BCUT2D eigenvalue weighted by Crippen LogP contribution is 2.25. The van der Waals surface area contributed by atoms with Crippen LogP contribution in [-0.4, -0.2) is 30.8 Å². The Labute approximate surface area is 124 Å². The highest BCUT2D eigenvalue weighted by molar-refractivity contribution is 6.36. The van der Waals surface area contributed by atoms with Gasteiger partial charge in [0.25, 0.3) is 0 Å². The first-order valence-electron chi connectivity index (χ1n) is 6.73. The molecule has 1 aromatic carbocycles. The Balaban J connectivity index is 1.92. The summed E-state index contributed by atoms with van der Waals surface area (Å²) in [5.74, 6) is 0.806. The normalized spacial score (nSPS) is 16.2. The molecule has 0 amide bonds. The summed E-state index contributed by atoms with van der Waals surface area (Å²) >= 11 is 11.9. The summed E-state index contributed by atoms with van der Waals surface area (Å²) in [7, 11) is 2.00. The van der Waals surface area contributed by atoms with Crippen molar-refractivity contribution in [1.82, 2.24) is 4.90 Å². The number of Topliss-reactive ketones (excluding diaryl/α,β-unsaturated/α-hetero) is 1. The van der Waals surface area contributed by atoms with Gasteiger partial charge in [0.2, 0.25) is 0 Å². The molecule has 1 aromatic rings. The fourth-order valence-corrected chi connectivity index (χ4v) is 3.26. The van der Waals surface area contributed by atoms with Gasteiger partial charge in [-0.1, -0.05) is 36.0 Å². The predicted octanol–water partition coefficient (Wildman–Crippen LogP) is 4.30. The van der Waals surface area contributed by atoms with Crippen LogP contribution in [0.2, 0.25) is 10.0 Å². The van der Waals surface area contributed by atoms with Gasteiger partial charge in [-0.15, -0.1) is 0 Å². The SMILES string of the molecule is CN(CC(=O)c1ccc(Cl)cc1Cl)CC1CCCC1. The molecule has 2 rings (SSSR count). The third-order valence-corrected chi connectivity index (χ3v) is 4.24. The van der Waals surface area contributed by atoms with Crippen molar-refractivity contribution in [2.75, 3.05) is 20.1 Å². The molecular weight excluding hydrogens is 281 g/mol. The lowest BCUT2D eigenvalue weighted by Crippen LogP contribution is -2.30. The summed E-state index contributed by atoms with van der Waals surface area (Å²) in [5, 5.41) is 0.993. The zero-order valence-corrected chi connectivity index (χ0v) is 12.7. The first kappa shape index (κ1) is 14.8. The number of likely N-dealkylation sites (N-methyl/N-ethyl adjacent to an activating group) is 1. The van der Waals surface area contributed by atoms with Crippen LogP contribution in [0, 0.1) is 5.92 Å². The van der Waals surface area contributed by atoms with Crippen LogP contribution < -0.4 is 0 Å². The molecule has 2 nitrogen and oxygen atoms in total. The van der Waals surface area contributed by atoms with Crippen molar-refractivity contribution in [2.24, 2.45) is 5.92 Å². The van der Waals surface area contributed by atoms with Crippen LogP contribution >= 0.6 is 23.2 Å². The first-order valence-corrected chi connectivity index (χ1v) is 7.48. The first-order chi connectivity index (χ1) is 9.06. The molecule has 0 spiro atoms. The Bertz CT molecular complexity index is 455. The molecule has 1 fully saturated rings. The molecular formula is C15H19Cl2NO. The number of carbonyl (C=O) groups is 1. The molecule has 0 radical (unpaired) electrons. The summed E-state index contributed by atoms with van der Waals surface area (Å²) in [6.45, 7) is 1.41. The quantitative estimate of drug-likeness (QED) is 0.756. The van der Waals surface area contributed by atoms with E-state index in [2.05, 4.69) is 4.90 Å². The van der Waals surface area contributed by atoms with E-state index in [-0.39, 0.29) is 5.78 Å². The fourth-order valence-electron chi connectivity index (χ4n) is 2.74. The average Bonchev–Trinajstić information content (AvgIpc) is 2.81. The van der Waals surface area contributed by atoms with Gasteiger partial charge in [-0.25, -0.2) is 0 Å². The van der Waals surface area contributed by atoms with Gasteiger partial charge in [0.15, 0.2) is 5.78 Å². The van der Waals surface area contributed by atoms with Crippen molar-refractivity contribution in [3.63, 3.8) is 0 Å². The summed E-state index contributed by atoms with van der Waals surface area (Å²) in [4.78, 5) is 14.3. The minimum Gasteiger partial charge on any atom is -0.299 e. The number of carbonyl (C=O) groups excluding carboxylic acids is 1. The minimum absolute atomic E-state index is 0.0576. The second-order valence-corrected chi connectivity index (χ2v) is 6.24. The van der Waals surface area contributed by atoms with E-state index in [0.29, 0.717) is 22.2 Å². The van der Waals surface area contributed by atoms with Gasteiger partial charge >= 0.3 is 0 Å². The number of ketones is 1. The van der Waals surface area contributed by atoms with Crippen LogP contribution in [-0.2, 0) is 0 Å². The van der Waals surface area contributed by atoms with Crippen LogP contribution in [0.3, 0.4) is 0 Å². The Hall–Kier alpha value is -0.570. The van der Waals surface area contributed by atoms with Crippen molar-refractivity contribution in [3.05, 3.63) is 33.8 Å². The van der Waals surface area contributed by atoms with Crippen LogP contribution in [0.25, 0.3) is 0 Å².